The smallest absolute Gasteiger partial charge is 0.319 e. The van der Waals surface area contributed by atoms with Crippen LogP contribution in [0.15, 0.2) is 67.1 Å². The molecule has 2 aromatic heterocycles. The molecule has 1 atom stereocenters. The van der Waals surface area contributed by atoms with Crippen LogP contribution in [0.2, 0.25) is 5.02 Å². The fraction of sp³-hybridized carbons (Fsp3) is 0.167. The number of benzene rings is 2. The third-order valence-electron chi connectivity index (χ3n) is 5.27. The summed E-state index contributed by atoms with van der Waals surface area (Å²) in [5.41, 5.74) is 3.57. The van der Waals surface area contributed by atoms with E-state index in [1.165, 1.54) is 14.2 Å². The molecule has 2 aromatic carbocycles. The fourth-order valence-corrected chi connectivity index (χ4v) is 3.93. The Morgan fingerprint density at radius 1 is 1.12 bits per heavy atom. The fourth-order valence-electron chi connectivity index (χ4n) is 3.69. The molecule has 0 radical (unpaired) electrons. The lowest BCUT2D eigenvalue weighted by molar-refractivity contribution is 0.251. The number of ether oxygens (including phenoxy) is 2. The third kappa shape index (κ3) is 4.48. The number of H-pyrrole nitrogens is 1. The Morgan fingerprint density at radius 3 is 2.69 bits per heavy atom. The van der Waals surface area contributed by atoms with Gasteiger partial charge in [-0.15, -0.1) is 0 Å². The summed E-state index contributed by atoms with van der Waals surface area (Å²) >= 11 is 6.21. The predicted molar refractivity (Wildman–Crippen MR) is 126 cm³/mol. The van der Waals surface area contributed by atoms with E-state index in [1.54, 1.807) is 18.3 Å². The summed E-state index contributed by atoms with van der Waals surface area (Å²) in [5, 5.41) is 7.24. The van der Waals surface area contributed by atoms with Crippen molar-refractivity contribution in [2.24, 2.45) is 0 Å². The molecule has 0 fully saturated rings. The lowest BCUT2D eigenvalue weighted by Gasteiger charge is -2.19. The van der Waals surface area contributed by atoms with Gasteiger partial charge in [0.1, 0.15) is 11.5 Å². The second-order valence-electron chi connectivity index (χ2n) is 7.15. The van der Waals surface area contributed by atoms with Crippen molar-refractivity contribution < 1.29 is 14.3 Å². The molecule has 7 nitrogen and oxygen atoms in total. The van der Waals surface area contributed by atoms with Crippen LogP contribution in [0.5, 0.6) is 11.5 Å². The molecule has 0 aliphatic carbocycles. The number of fused-ring (bicyclic) bond motifs is 1. The molecular formula is C24H23ClN4O3. The van der Waals surface area contributed by atoms with Crippen molar-refractivity contribution in [2.45, 2.75) is 5.92 Å². The standard InChI is InChI=1S/C24H23ClN4O3/c1-31-22-11-23(32-2)21(10-19(22)25)29-24(30)28-13-17(15-6-5-9-26-12-15)18-14-27-20-8-4-3-7-16(18)20/h3-12,14,17,27H,13H2,1-2H3,(H2,28,29,30)/t17-/m1/s1. The summed E-state index contributed by atoms with van der Waals surface area (Å²) in [7, 11) is 3.03. The van der Waals surface area contributed by atoms with Crippen molar-refractivity contribution in [3.05, 3.63) is 83.3 Å². The number of amides is 2. The number of urea groups is 1. The molecule has 32 heavy (non-hydrogen) atoms. The number of nitrogens with zero attached hydrogens (tertiary/aromatic N) is 1. The van der Waals surface area contributed by atoms with Crippen molar-refractivity contribution in [1.29, 1.82) is 0 Å². The summed E-state index contributed by atoms with van der Waals surface area (Å²) < 4.78 is 10.6. The highest BCUT2D eigenvalue weighted by Crippen LogP contribution is 2.36. The Labute approximate surface area is 190 Å². The largest absolute Gasteiger partial charge is 0.495 e. The molecule has 8 heteroatoms. The Kier molecular flexibility index (Phi) is 6.47. The van der Waals surface area contributed by atoms with E-state index in [9.17, 15) is 4.79 Å². The quantitative estimate of drug-likeness (QED) is 0.361. The van der Waals surface area contributed by atoms with Gasteiger partial charge in [-0.2, -0.15) is 0 Å². The first-order valence-corrected chi connectivity index (χ1v) is 10.4. The maximum absolute atomic E-state index is 12.7. The van der Waals surface area contributed by atoms with E-state index in [0.29, 0.717) is 28.8 Å². The highest BCUT2D eigenvalue weighted by molar-refractivity contribution is 6.32. The Hall–Kier alpha value is -3.71. The van der Waals surface area contributed by atoms with E-state index in [1.807, 2.05) is 42.7 Å². The zero-order chi connectivity index (χ0) is 22.5. The van der Waals surface area contributed by atoms with Crippen molar-refractivity contribution >= 4 is 34.2 Å². The molecule has 0 aliphatic rings. The van der Waals surface area contributed by atoms with Crippen LogP contribution in [-0.2, 0) is 0 Å². The first-order valence-electron chi connectivity index (χ1n) is 10.0. The highest BCUT2D eigenvalue weighted by atomic mass is 35.5. The van der Waals surface area contributed by atoms with E-state index in [-0.39, 0.29) is 11.9 Å². The number of pyridine rings is 1. The Balaban J connectivity index is 1.55. The van der Waals surface area contributed by atoms with Crippen molar-refractivity contribution in [1.82, 2.24) is 15.3 Å². The van der Waals surface area contributed by atoms with Gasteiger partial charge in [0.2, 0.25) is 0 Å². The molecule has 2 heterocycles. The van der Waals surface area contributed by atoms with Crippen LogP contribution in [0.25, 0.3) is 10.9 Å². The monoisotopic (exact) mass is 450 g/mol. The van der Waals surface area contributed by atoms with Crippen LogP contribution < -0.4 is 20.1 Å². The van der Waals surface area contributed by atoms with E-state index < -0.39 is 0 Å². The van der Waals surface area contributed by atoms with Crippen molar-refractivity contribution in [3.63, 3.8) is 0 Å². The topological polar surface area (TPSA) is 88.3 Å². The maximum Gasteiger partial charge on any atom is 0.319 e. The van der Waals surface area contributed by atoms with Gasteiger partial charge in [0, 0.05) is 48.0 Å². The second kappa shape index (κ2) is 9.62. The summed E-state index contributed by atoms with van der Waals surface area (Å²) in [4.78, 5) is 20.3. The zero-order valence-electron chi connectivity index (χ0n) is 17.7. The van der Waals surface area contributed by atoms with Gasteiger partial charge in [0.05, 0.1) is 24.9 Å². The number of carbonyl (C=O) groups excluding carboxylic acids is 1. The molecule has 4 aromatic rings. The lowest BCUT2D eigenvalue weighted by Crippen LogP contribution is -2.32. The first kappa shape index (κ1) is 21.5. The number of hydrogen-bond donors (Lipinski definition) is 3. The van der Waals surface area contributed by atoms with Gasteiger partial charge in [-0.3, -0.25) is 4.98 Å². The van der Waals surface area contributed by atoms with Crippen molar-refractivity contribution in [3.8, 4) is 11.5 Å². The number of rotatable bonds is 7. The molecule has 164 valence electrons. The SMILES string of the molecule is COc1cc(OC)c(NC(=O)NC[C@H](c2cccnc2)c2c[nH]c3ccccc23)cc1Cl. The van der Waals surface area contributed by atoms with Gasteiger partial charge in [-0.25, -0.2) is 4.79 Å². The number of carbonyl (C=O) groups is 1. The summed E-state index contributed by atoms with van der Waals surface area (Å²) in [6, 6.07) is 14.8. The summed E-state index contributed by atoms with van der Waals surface area (Å²) in [6.07, 6.45) is 5.53. The Bertz CT molecular complexity index is 1230. The molecule has 0 aliphatic heterocycles. The van der Waals surface area contributed by atoms with Gasteiger partial charge >= 0.3 is 6.03 Å². The highest BCUT2D eigenvalue weighted by Gasteiger charge is 2.20. The van der Waals surface area contributed by atoms with Gasteiger partial charge in [-0.1, -0.05) is 35.9 Å². The normalized spacial score (nSPS) is 11.7. The van der Waals surface area contributed by atoms with Crippen LogP contribution in [0.1, 0.15) is 17.0 Å². The molecule has 0 bridgehead atoms. The molecule has 2 amide bonds. The molecule has 3 N–H and O–H groups in total. The van der Waals surface area contributed by atoms with Crippen LogP contribution >= 0.6 is 11.6 Å². The van der Waals surface area contributed by atoms with Gasteiger partial charge in [0.15, 0.2) is 0 Å². The van der Waals surface area contributed by atoms with Gasteiger partial charge in [0.25, 0.3) is 0 Å². The van der Waals surface area contributed by atoms with Gasteiger partial charge in [-0.05, 0) is 29.3 Å². The summed E-state index contributed by atoms with van der Waals surface area (Å²) in [5.74, 6) is 0.819. The molecule has 4 rings (SSSR count). The van der Waals surface area contributed by atoms with Crippen LogP contribution in [-0.4, -0.2) is 36.8 Å². The minimum Gasteiger partial charge on any atom is -0.495 e. The van der Waals surface area contributed by atoms with Crippen LogP contribution in [0.4, 0.5) is 10.5 Å². The van der Waals surface area contributed by atoms with E-state index >= 15 is 0 Å². The summed E-state index contributed by atoms with van der Waals surface area (Å²) in [6.45, 7) is 0.367. The van der Waals surface area contributed by atoms with E-state index in [4.69, 9.17) is 21.1 Å². The average Bonchev–Trinajstić information content (AvgIpc) is 3.24. The number of nitrogens with one attached hydrogen (secondary N) is 3. The first-order chi connectivity index (χ1) is 15.6. The number of para-hydroxylation sites is 1. The average molecular weight is 451 g/mol. The van der Waals surface area contributed by atoms with Gasteiger partial charge < -0.3 is 25.1 Å². The molecular weight excluding hydrogens is 428 g/mol. The molecule has 0 unspecified atom stereocenters. The number of aromatic amines is 1. The second-order valence-corrected chi connectivity index (χ2v) is 7.56. The molecule has 0 saturated carbocycles. The Morgan fingerprint density at radius 2 is 1.94 bits per heavy atom. The number of aromatic nitrogens is 2. The maximum atomic E-state index is 12.7. The van der Waals surface area contributed by atoms with Crippen molar-refractivity contribution in [2.75, 3.05) is 26.1 Å². The lowest BCUT2D eigenvalue weighted by atomic mass is 9.92. The van der Waals surface area contributed by atoms with Crippen LogP contribution in [0.3, 0.4) is 0 Å². The molecule has 0 saturated heterocycles. The molecule has 0 spiro atoms. The minimum atomic E-state index is -0.377. The van der Waals surface area contributed by atoms with E-state index in [2.05, 4.69) is 26.7 Å². The number of anilines is 1. The number of hydrogen-bond acceptors (Lipinski definition) is 4. The number of methoxy groups -OCH3 is 2. The zero-order valence-corrected chi connectivity index (χ0v) is 18.4. The predicted octanol–water partition coefficient (Wildman–Crippen LogP) is 5.19. The third-order valence-corrected chi connectivity index (χ3v) is 5.57. The van der Waals surface area contributed by atoms with E-state index in [0.717, 1.165) is 22.0 Å². The van der Waals surface area contributed by atoms with Crippen LogP contribution in [0, 0.1) is 0 Å². The minimum absolute atomic E-state index is 0.0908. The number of halogens is 1.